The highest BCUT2D eigenvalue weighted by molar-refractivity contribution is 7.89. The van der Waals surface area contributed by atoms with Crippen molar-refractivity contribution < 1.29 is 8.42 Å². The number of hydrazone groups is 1. The molecule has 0 aliphatic heterocycles. The van der Waals surface area contributed by atoms with Gasteiger partial charge in [-0.2, -0.15) is 13.5 Å². The molecular formula is C16H16N2O2S. The molecular weight excluding hydrogens is 284 g/mol. The number of benzene rings is 2. The second-order valence-corrected chi connectivity index (χ2v) is 6.13. The maximum absolute atomic E-state index is 11.9. The molecule has 0 aliphatic rings. The van der Waals surface area contributed by atoms with Crippen LogP contribution in [0.3, 0.4) is 0 Å². The Hall–Kier alpha value is -2.40. The second kappa shape index (κ2) is 6.85. The molecule has 0 amide bonds. The molecule has 108 valence electrons. The van der Waals surface area contributed by atoms with Crippen LogP contribution in [0.15, 0.2) is 76.2 Å². The van der Waals surface area contributed by atoms with Crippen molar-refractivity contribution in [2.24, 2.45) is 5.10 Å². The SMILES string of the molecule is CC(/C=N\NS(=O)(=O)c1ccccc1)=C/c1ccccc1. The zero-order chi connectivity index (χ0) is 15.1. The molecule has 1 N–H and O–H groups in total. The molecule has 0 fully saturated rings. The fourth-order valence-electron chi connectivity index (χ4n) is 1.70. The number of sulfonamides is 1. The first kappa shape index (κ1) is 15.0. The van der Waals surface area contributed by atoms with E-state index in [9.17, 15) is 8.42 Å². The predicted octanol–water partition coefficient (Wildman–Crippen LogP) is 3.05. The Bertz CT molecular complexity index is 736. The second-order valence-electron chi connectivity index (χ2n) is 4.47. The predicted molar refractivity (Wildman–Crippen MR) is 85.3 cm³/mol. The van der Waals surface area contributed by atoms with Gasteiger partial charge in [-0.1, -0.05) is 54.6 Å². The Morgan fingerprint density at radius 2 is 1.57 bits per heavy atom. The van der Waals surface area contributed by atoms with Crippen LogP contribution in [-0.4, -0.2) is 14.6 Å². The lowest BCUT2D eigenvalue weighted by molar-refractivity contribution is 0.584. The third-order valence-corrected chi connectivity index (χ3v) is 3.93. The van der Waals surface area contributed by atoms with E-state index >= 15 is 0 Å². The zero-order valence-corrected chi connectivity index (χ0v) is 12.4. The summed E-state index contributed by atoms with van der Waals surface area (Å²) < 4.78 is 23.9. The summed E-state index contributed by atoms with van der Waals surface area (Å²) in [5, 5.41) is 3.78. The number of rotatable bonds is 5. The third-order valence-electron chi connectivity index (χ3n) is 2.69. The van der Waals surface area contributed by atoms with Crippen molar-refractivity contribution >= 4 is 22.3 Å². The lowest BCUT2D eigenvalue weighted by atomic mass is 10.1. The van der Waals surface area contributed by atoms with Crippen LogP contribution in [0.1, 0.15) is 12.5 Å². The van der Waals surface area contributed by atoms with E-state index in [0.717, 1.165) is 11.1 Å². The van der Waals surface area contributed by atoms with Gasteiger partial charge >= 0.3 is 0 Å². The molecule has 0 atom stereocenters. The van der Waals surface area contributed by atoms with Gasteiger partial charge in [0.05, 0.1) is 11.1 Å². The zero-order valence-electron chi connectivity index (χ0n) is 11.6. The number of hydrogen-bond acceptors (Lipinski definition) is 3. The molecule has 4 nitrogen and oxygen atoms in total. The van der Waals surface area contributed by atoms with Crippen molar-refractivity contribution in [3.63, 3.8) is 0 Å². The number of nitrogens with one attached hydrogen (secondary N) is 1. The van der Waals surface area contributed by atoms with E-state index in [1.807, 2.05) is 43.3 Å². The van der Waals surface area contributed by atoms with Gasteiger partial charge in [-0.3, -0.25) is 0 Å². The van der Waals surface area contributed by atoms with E-state index in [0.29, 0.717) is 0 Å². The van der Waals surface area contributed by atoms with Crippen LogP contribution < -0.4 is 4.83 Å². The standard InChI is InChI=1S/C16H16N2O2S/c1-14(12-15-8-4-2-5-9-15)13-17-18-21(19,20)16-10-6-3-7-11-16/h2-13,18H,1H3/b14-12-,17-13-. The minimum Gasteiger partial charge on any atom is -0.200 e. The van der Waals surface area contributed by atoms with Gasteiger partial charge in [0.1, 0.15) is 0 Å². The van der Waals surface area contributed by atoms with Crippen LogP contribution in [0, 0.1) is 0 Å². The summed E-state index contributed by atoms with van der Waals surface area (Å²) in [5.41, 5.74) is 1.88. The average Bonchev–Trinajstić information content (AvgIpc) is 2.49. The molecule has 0 unspecified atom stereocenters. The van der Waals surface area contributed by atoms with Crippen LogP contribution in [0.5, 0.6) is 0 Å². The number of allylic oxidation sites excluding steroid dienone is 1. The third kappa shape index (κ3) is 4.57. The lowest BCUT2D eigenvalue weighted by Crippen LogP contribution is -2.18. The summed E-state index contributed by atoms with van der Waals surface area (Å²) in [4.78, 5) is 2.38. The van der Waals surface area contributed by atoms with E-state index in [-0.39, 0.29) is 4.90 Å². The van der Waals surface area contributed by atoms with Crippen molar-refractivity contribution in [2.75, 3.05) is 0 Å². The minimum atomic E-state index is -3.60. The van der Waals surface area contributed by atoms with E-state index in [1.54, 1.807) is 18.2 Å². The Morgan fingerprint density at radius 3 is 2.19 bits per heavy atom. The van der Waals surface area contributed by atoms with E-state index in [4.69, 9.17) is 0 Å². The normalized spacial score (nSPS) is 12.5. The van der Waals surface area contributed by atoms with Gasteiger partial charge in [-0.25, -0.2) is 4.83 Å². The van der Waals surface area contributed by atoms with Gasteiger partial charge in [0, 0.05) is 0 Å². The van der Waals surface area contributed by atoms with Gasteiger partial charge < -0.3 is 0 Å². The molecule has 0 spiro atoms. The van der Waals surface area contributed by atoms with Crippen molar-refractivity contribution in [1.29, 1.82) is 0 Å². The molecule has 0 heterocycles. The molecule has 21 heavy (non-hydrogen) atoms. The van der Waals surface area contributed by atoms with E-state index in [1.165, 1.54) is 18.3 Å². The molecule has 2 aromatic carbocycles. The molecule has 0 aliphatic carbocycles. The van der Waals surface area contributed by atoms with Crippen molar-refractivity contribution in [1.82, 2.24) is 4.83 Å². The maximum Gasteiger partial charge on any atom is 0.276 e. The first-order valence-electron chi connectivity index (χ1n) is 6.41. The van der Waals surface area contributed by atoms with Gasteiger partial charge in [0.15, 0.2) is 0 Å². The quantitative estimate of drug-likeness (QED) is 0.681. The molecule has 0 aromatic heterocycles. The topological polar surface area (TPSA) is 58.5 Å². The summed E-state index contributed by atoms with van der Waals surface area (Å²) in [5.74, 6) is 0. The Kier molecular flexibility index (Phi) is 4.90. The first-order valence-corrected chi connectivity index (χ1v) is 7.89. The summed E-state index contributed by atoms with van der Waals surface area (Å²) >= 11 is 0. The Labute approximate surface area is 124 Å². The molecule has 2 aromatic rings. The molecule has 5 heteroatoms. The summed E-state index contributed by atoms with van der Waals surface area (Å²) in [6, 6.07) is 17.9. The van der Waals surface area contributed by atoms with Crippen LogP contribution >= 0.6 is 0 Å². The van der Waals surface area contributed by atoms with Crippen LogP contribution in [0.4, 0.5) is 0 Å². The summed E-state index contributed by atoms with van der Waals surface area (Å²) in [6.07, 6.45) is 3.40. The van der Waals surface area contributed by atoms with Gasteiger partial charge in [-0.05, 0) is 30.2 Å². The first-order chi connectivity index (χ1) is 10.1. The lowest BCUT2D eigenvalue weighted by Gasteiger charge is -2.02. The molecule has 0 radical (unpaired) electrons. The van der Waals surface area contributed by atoms with E-state index < -0.39 is 10.0 Å². The fourth-order valence-corrected chi connectivity index (χ4v) is 2.51. The highest BCUT2D eigenvalue weighted by Gasteiger charge is 2.10. The average molecular weight is 300 g/mol. The number of nitrogens with zero attached hydrogens (tertiary/aromatic N) is 1. The van der Waals surface area contributed by atoms with Crippen LogP contribution in [0.2, 0.25) is 0 Å². The Balaban J connectivity index is 2.04. The number of hydrogen-bond donors (Lipinski definition) is 1. The summed E-state index contributed by atoms with van der Waals surface area (Å²) in [7, 11) is -3.60. The highest BCUT2D eigenvalue weighted by Crippen LogP contribution is 2.07. The van der Waals surface area contributed by atoms with Crippen molar-refractivity contribution in [3.05, 3.63) is 71.8 Å². The monoisotopic (exact) mass is 300 g/mol. The highest BCUT2D eigenvalue weighted by atomic mass is 32.2. The maximum atomic E-state index is 11.9. The molecule has 0 saturated carbocycles. The van der Waals surface area contributed by atoms with Crippen LogP contribution in [0.25, 0.3) is 6.08 Å². The fraction of sp³-hybridized carbons (Fsp3) is 0.0625. The summed E-state index contributed by atoms with van der Waals surface area (Å²) in [6.45, 7) is 1.85. The molecule has 2 rings (SSSR count). The largest absolute Gasteiger partial charge is 0.276 e. The van der Waals surface area contributed by atoms with Crippen molar-refractivity contribution in [3.8, 4) is 0 Å². The minimum absolute atomic E-state index is 0.187. The van der Waals surface area contributed by atoms with Crippen LogP contribution in [-0.2, 0) is 10.0 Å². The molecule has 0 bridgehead atoms. The molecule has 0 saturated heterocycles. The Morgan fingerprint density at radius 1 is 1.00 bits per heavy atom. The van der Waals surface area contributed by atoms with Gasteiger partial charge in [0.2, 0.25) is 0 Å². The van der Waals surface area contributed by atoms with Crippen molar-refractivity contribution in [2.45, 2.75) is 11.8 Å². The van der Waals surface area contributed by atoms with Gasteiger partial charge in [-0.15, -0.1) is 0 Å². The van der Waals surface area contributed by atoms with E-state index in [2.05, 4.69) is 9.93 Å². The van der Waals surface area contributed by atoms with Gasteiger partial charge in [0.25, 0.3) is 10.0 Å². The smallest absolute Gasteiger partial charge is 0.200 e.